The quantitative estimate of drug-likeness (QED) is 0.851. The highest BCUT2D eigenvalue weighted by Crippen LogP contribution is 2.24. The predicted octanol–water partition coefficient (Wildman–Crippen LogP) is 1.97. The van der Waals surface area contributed by atoms with Gasteiger partial charge in [0.05, 0.1) is 11.4 Å². The van der Waals surface area contributed by atoms with Gasteiger partial charge in [-0.15, -0.1) is 0 Å². The summed E-state index contributed by atoms with van der Waals surface area (Å²) in [6.07, 6.45) is 3.52. The molecule has 0 aliphatic carbocycles. The molecule has 0 radical (unpaired) electrons. The number of halogens is 1. The predicted molar refractivity (Wildman–Crippen MR) is 81.3 cm³/mol. The number of benzene rings is 1. The molecule has 22 heavy (non-hydrogen) atoms. The first kappa shape index (κ1) is 15.2. The van der Waals surface area contributed by atoms with Crippen LogP contribution in [0.15, 0.2) is 47.6 Å². The summed E-state index contributed by atoms with van der Waals surface area (Å²) in [7, 11) is -3.53. The van der Waals surface area contributed by atoms with Gasteiger partial charge >= 0.3 is 6.01 Å². The van der Waals surface area contributed by atoms with Crippen LogP contribution in [-0.4, -0.2) is 41.9 Å². The van der Waals surface area contributed by atoms with Gasteiger partial charge in [0.2, 0.25) is 10.0 Å². The second-order valence-corrected chi connectivity index (χ2v) is 7.25. The van der Waals surface area contributed by atoms with E-state index in [1.165, 1.54) is 16.4 Å². The summed E-state index contributed by atoms with van der Waals surface area (Å²) in [5.74, 6) is 0. The maximum atomic E-state index is 12.5. The third-order valence-electron chi connectivity index (χ3n) is 3.37. The summed E-state index contributed by atoms with van der Waals surface area (Å²) in [5.41, 5.74) is 0. The minimum atomic E-state index is -3.53. The molecule has 1 aromatic carbocycles. The molecule has 0 bridgehead atoms. The molecule has 1 aliphatic rings. The van der Waals surface area contributed by atoms with Crippen LogP contribution in [0.5, 0.6) is 6.01 Å². The van der Waals surface area contributed by atoms with E-state index in [1.54, 1.807) is 30.6 Å². The van der Waals surface area contributed by atoms with E-state index < -0.39 is 10.0 Å². The standard InChI is InChI=1S/C14H14ClN3O3S/c15-11-2-4-13(5-3-11)22(19,20)18-9-6-12(10-18)21-14-16-7-1-8-17-14/h1-5,7-8,12H,6,9-10H2. The van der Waals surface area contributed by atoms with E-state index in [9.17, 15) is 8.42 Å². The maximum absolute atomic E-state index is 12.5. The summed E-state index contributed by atoms with van der Waals surface area (Å²) < 4.78 is 32.1. The van der Waals surface area contributed by atoms with E-state index in [0.29, 0.717) is 18.0 Å². The second kappa shape index (κ2) is 6.20. The fraction of sp³-hybridized carbons (Fsp3) is 0.286. The molecule has 2 aromatic rings. The zero-order valence-electron chi connectivity index (χ0n) is 11.6. The van der Waals surface area contributed by atoms with E-state index in [0.717, 1.165) is 0 Å². The second-order valence-electron chi connectivity index (χ2n) is 4.88. The van der Waals surface area contributed by atoms with Crippen LogP contribution in [0.25, 0.3) is 0 Å². The minimum absolute atomic E-state index is 0.230. The number of hydrogen-bond acceptors (Lipinski definition) is 5. The van der Waals surface area contributed by atoms with Gasteiger partial charge in [0, 0.05) is 24.0 Å². The van der Waals surface area contributed by atoms with Crippen molar-refractivity contribution in [3.05, 3.63) is 47.7 Å². The highest BCUT2D eigenvalue weighted by Gasteiger charge is 2.33. The van der Waals surface area contributed by atoms with Crippen LogP contribution in [-0.2, 0) is 10.0 Å². The van der Waals surface area contributed by atoms with Gasteiger partial charge in [-0.2, -0.15) is 4.31 Å². The fourth-order valence-corrected chi connectivity index (χ4v) is 3.88. The molecular weight excluding hydrogens is 326 g/mol. The Morgan fingerprint density at radius 1 is 1.18 bits per heavy atom. The van der Waals surface area contributed by atoms with Crippen molar-refractivity contribution < 1.29 is 13.2 Å². The van der Waals surface area contributed by atoms with Gasteiger partial charge in [-0.3, -0.25) is 0 Å². The molecule has 1 fully saturated rings. The van der Waals surface area contributed by atoms with E-state index in [-0.39, 0.29) is 23.6 Å². The van der Waals surface area contributed by atoms with Crippen molar-refractivity contribution >= 4 is 21.6 Å². The lowest BCUT2D eigenvalue weighted by Gasteiger charge is -2.16. The van der Waals surface area contributed by atoms with Gasteiger partial charge in [0.1, 0.15) is 6.10 Å². The highest BCUT2D eigenvalue weighted by molar-refractivity contribution is 7.89. The summed E-state index contributed by atoms with van der Waals surface area (Å²) in [4.78, 5) is 8.19. The SMILES string of the molecule is O=S(=O)(c1ccc(Cl)cc1)N1CCC(Oc2ncccn2)C1. The number of hydrogen-bond donors (Lipinski definition) is 0. The molecule has 1 atom stereocenters. The minimum Gasteiger partial charge on any atom is -0.459 e. The van der Waals surface area contributed by atoms with E-state index in [1.807, 2.05) is 0 Å². The van der Waals surface area contributed by atoms with E-state index in [2.05, 4.69) is 9.97 Å². The zero-order valence-corrected chi connectivity index (χ0v) is 13.2. The molecule has 1 unspecified atom stereocenters. The lowest BCUT2D eigenvalue weighted by atomic mass is 10.3. The van der Waals surface area contributed by atoms with Crippen molar-refractivity contribution in [3.63, 3.8) is 0 Å². The molecule has 1 aromatic heterocycles. The Kier molecular flexibility index (Phi) is 4.28. The maximum Gasteiger partial charge on any atom is 0.316 e. The molecule has 0 saturated carbocycles. The van der Waals surface area contributed by atoms with Crippen molar-refractivity contribution in [1.29, 1.82) is 0 Å². The molecular formula is C14H14ClN3O3S. The van der Waals surface area contributed by atoms with Crippen LogP contribution >= 0.6 is 11.6 Å². The van der Waals surface area contributed by atoms with Crippen LogP contribution < -0.4 is 4.74 Å². The van der Waals surface area contributed by atoms with Gasteiger partial charge in [0.25, 0.3) is 0 Å². The molecule has 1 saturated heterocycles. The number of sulfonamides is 1. The zero-order chi connectivity index (χ0) is 15.6. The summed E-state index contributed by atoms with van der Waals surface area (Å²) in [6, 6.07) is 8.10. The average molecular weight is 340 g/mol. The van der Waals surface area contributed by atoms with Gasteiger partial charge in [0.15, 0.2) is 0 Å². The third-order valence-corrected chi connectivity index (χ3v) is 5.50. The molecule has 2 heterocycles. The van der Waals surface area contributed by atoms with Crippen LogP contribution in [0, 0.1) is 0 Å². The molecule has 1 aliphatic heterocycles. The molecule has 116 valence electrons. The first-order valence-electron chi connectivity index (χ1n) is 6.75. The molecule has 0 amide bonds. The van der Waals surface area contributed by atoms with Crippen molar-refractivity contribution in [2.24, 2.45) is 0 Å². The monoisotopic (exact) mass is 339 g/mol. The first-order chi connectivity index (χ1) is 10.6. The van der Waals surface area contributed by atoms with Crippen molar-refractivity contribution in [1.82, 2.24) is 14.3 Å². The Bertz CT molecular complexity index is 738. The topological polar surface area (TPSA) is 72.4 Å². The molecule has 0 N–H and O–H groups in total. The number of ether oxygens (including phenoxy) is 1. The fourth-order valence-electron chi connectivity index (χ4n) is 2.26. The van der Waals surface area contributed by atoms with Crippen molar-refractivity contribution in [2.45, 2.75) is 17.4 Å². The van der Waals surface area contributed by atoms with Crippen molar-refractivity contribution in [2.75, 3.05) is 13.1 Å². The average Bonchev–Trinajstić information content (AvgIpc) is 2.98. The summed E-state index contributed by atoms with van der Waals surface area (Å²) in [6.45, 7) is 0.686. The molecule has 8 heteroatoms. The lowest BCUT2D eigenvalue weighted by Crippen LogP contribution is -2.31. The lowest BCUT2D eigenvalue weighted by molar-refractivity contribution is 0.197. The first-order valence-corrected chi connectivity index (χ1v) is 8.57. The Balaban J connectivity index is 1.70. The Morgan fingerprint density at radius 2 is 1.86 bits per heavy atom. The number of aromatic nitrogens is 2. The smallest absolute Gasteiger partial charge is 0.316 e. The highest BCUT2D eigenvalue weighted by atomic mass is 35.5. The van der Waals surface area contributed by atoms with Crippen molar-refractivity contribution in [3.8, 4) is 6.01 Å². The molecule has 6 nitrogen and oxygen atoms in total. The van der Waals surface area contributed by atoms with Crippen LogP contribution in [0.4, 0.5) is 0 Å². The van der Waals surface area contributed by atoms with E-state index in [4.69, 9.17) is 16.3 Å². The van der Waals surface area contributed by atoms with Crippen LogP contribution in [0.2, 0.25) is 5.02 Å². The third kappa shape index (κ3) is 3.21. The molecule has 0 spiro atoms. The van der Waals surface area contributed by atoms with Crippen LogP contribution in [0.3, 0.4) is 0 Å². The summed E-state index contributed by atoms with van der Waals surface area (Å²) in [5, 5.41) is 0.503. The van der Waals surface area contributed by atoms with Gasteiger partial charge in [-0.05, 0) is 36.8 Å². The Labute approximate surface area is 133 Å². The number of nitrogens with zero attached hydrogens (tertiary/aromatic N) is 3. The summed E-state index contributed by atoms with van der Waals surface area (Å²) >= 11 is 5.79. The normalized spacial score (nSPS) is 19.2. The van der Waals surface area contributed by atoms with Gasteiger partial charge < -0.3 is 4.74 Å². The van der Waals surface area contributed by atoms with E-state index >= 15 is 0 Å². The Morgan fingerprint density at radius 3 is 2.55 bits per heavy atom. The largest absolute Gasteiger partial charge is 0.459 e. The van der Waals surface area contributed by atoms with Gasteiger partial charge in [-0.1, -0.05) is 11.6 Å². The van der Waals surface area contributed by atoms with Gasteiger partial charge in [-0.25, -0.2) is 18.4 Å². The van der Waals surface area contributed by atoms with Crippen LogP contribution in [0.1, 0.15) is 6.42 Å². The molecule has 3 rings (SSSR count). The number of rotatable bonds is 4. The Hall–Kier alpha value is -1.70.